The van der Waals surface area contributed by atoms with E-state index < -0.39 is 5.97 Å². The largest absolute Gasteiger partial charge is 2.00 e. The fourth-order valence-electron chi connectivity index (χ4n) is 0. The molecule has 3 nitrogen and oxygen atoms in total. The molecule has 0 unspecified atom stereocenters. The van der Waals surface area contributed by atoms with Crippen molar-refractivity contribution in [2.45, 2.75) is 13.8 Å². The van der Waals surface area contributed by atoms with E-state index in [1.165, 1.54) is 6.92 Å². The number of carbonyl (C=O) groups excluding carboxylic acids is 1. The molecule has 0 spiro atoms. The summed E-state index contributed by atoms with van der Waals surface area (Å²) in [6, 6.07) is 0. The van der Waals surface area contributed by atoms with Crippen LogP contribution in [-0.2, 0) is 26.5 Å². The van der Waals surface area contributed by atoms with E-state index in [1.807, 2.05) is 0 Å². The van der Waals surface area contributed by atoms with E-state index in [2.05, 4.69) is 6.58 Å². The summed E-state index contributed by atoms with van der Waals surface area (Å²) in [6.45, 7) is 6.05. The first-order valence-corrected chi connectivity index (χ1v) is 2.51. The quantitative estimate of drug-likeness (QED) is 0.369. The molecule has 0 aliphatic heterocycles. The van der Waals surface area contributed by atoms with E-state index in [1.54, 1.807) is 6.92 Å². The standard InChI is InChI=1S/C4H6O2.C2H5O.Ti/c1-3(2)4(5)6;1-2-3;/h1H2,2H3,(H,5,6);2H2,1H3;/q;-1;+2/p-1. The van der Waals surface area contributed by atoms with Gasteiger partial charge >= 0.3 is 21.7 Å². The Morgan fingerprint density at radius 2 is 1.70 bits per heavy atom. The molecule has 0 aromatic heterocycles. The minimum atomic E-state index is -1.19. The summed E-state index contributed by atoms with van der Waals surface area (Å²) in [5, 5.41) is 18.4. The summed E-state index contributed by atoms with van der Waals surface area (Å²) in [7, 11) is 0. The van der Waals surface area contributed by atoms with Crippen LogP contribution in [0.15, 0.2) is 12.2 Å². The molecule has 0 saturated carbocycles. The van der Waals surface area contributed by atoms with Gasteiger partial charge in [0.15, 0.2) is 0 Å². The van der Waals surface area contributed by atoms with Crippen LogP contribution in [-0.4, -0.2) is 12.6 Å². The van der Waals surface area contributed by atoms with Crippen LogP contribution in [0.3, 0.4) is 0 Å². The molecule has 0 N–H and O–H groups in total. The molecule has 0 aromatic carbocycles. The topological polar surface area (TPSA) is 63.2 Å². The maximum absolute atomic E-state index is 9.49. The Morgan fingerprint density at radius 3 is 1.70 bits per heavy atom. The molecular weight excluding hydrogens is 168 g/mol. The SMILES string of the molecule is C=C(C)C(=O)[O-].CC[O-].[Ti+2]. The molecule has 0 fully saturated rings. The normalized spacial score (nSPS) is 6.30. The predicted molar refractivity (Wildman–Crippen MR) is 30.4 cm³/mol. The Labute approximate surface area is 75.6 Å². The molecule has 4 heteroatoms. The van der Waals surface area contributed by atoms with Gasteiger partial charge in [0.2, 0.25) is 0 Å². The first-order chi connectivity index (χ1) is 4.06. The van der Waals surface area contributed by atoms with Crippen molar-refractivity contribution in [2.75, 3.05) is 6.61 Å². The molecule has 0 atom stereocenters. The maximum Gasteiger partial charge on any atom is 2.00 e. The first kappa shape index (κ1) is 16.5. The number of hydrogen-bond donors (Lipinski definition) is 0. The average Bonchev–Trinajstić information content (AvgIpc) is 1.68. The molecule has 0 rings (SSSR count). The summed E-state index contributed by atoms with van der Waals surface area (Å²) in [5.41, 5.74) is 0.0648. The molecule has 56 valence electrons. The van der Waals surface area contributed by atoms with Gasteiger partial charge in [-0.05, 0) is 12.5 Å². The molecule has 10 heavy (non-hydrogen) atoms. The van der Waals surface area contributed by atoms with Crippen molar-refractivity contribution in [3.05, 3.63) is 12.2 Å². The first-order valence-electron chi connectivity index (χ1n) is 2.51. The van der Waals surface area contributed by atoms with Gasteiger partial charge in [-0.25, -0.2) is 0 Å². The Hall–Kier alpha value is -0.116. The fourth-order valence-corrected chi connectivity index (χ4v) is 0. The van der Waals surface area contributed by atoms with Gasteiger partial charge in [-0.3, -0.25) is 0 Å². The van der Waals surface area contributed by atoms with Crippen molar-refractivity contribution in [3.8, 4) is 0 Å². The summed E-state index contributed by atoms with van der Waals surface area (Å²) in [4.78, 5) is 9.49. The zero-order chi connectivity index (χ0) is 7.86. The van der Waals surface area contributed by atoms with E-state index in [0.717, 1.165) is 0 Å². The second-order valence-corrected chi connectivity index (χ2v) is 1.36. The molecule has 0 aliphatic carbocycles. The second kappa shape index (κ2) is 11.7. The number of hydrogen-bond acceptors (Lipinski definition) is 3. The second-order valence-electron chi connectivity index (χ2n) is 1.36. The van der Waals surface area contributed by atoms with Gasteiger partial charge < -0.3 is 15.0 Å². The van der Waals surface area contributed by atoms with Gasteiger partial charge in [-0.1, -0.05) is 13.5 Å². The van der Waals surface area contributed by atoms with E-state index in [-0.39, 0.29) is 33.9 Å². The minimum absolute atomic E-state index is 0. The van der Waals surface area contributed by atoms with Crippen LogP contribution >= 0.6 is 0 Å². The van der Waals surface area contributed by atoms with Crippen molar-refractivity contribution < 1.29 is 36.7 Å². The van der Waals surface area contributed by atoms with Gasteiger partial charge in [0, 0.05) is 0 Å². The van der Waals surface area contributed by atoms with Crippen LogP contribution in [0.2, 0.25) is 0 Å². The molecule has 0 aromatic rings. The molecular formula is C6H10O3Ti. The minimum Gasteiger partial charge on any atom is -0.855 e. The summed E-state index contributed by atoms with van der Waals surface area (Å²) in [6.07, 6.45) is 0. The number of carboxylic acids is 1. The number of aliphatic carboxylic acids is 1. The third kappa shape index (κ3) is 24.8. The van der Waals surface area contributed by atoms with Crippen molar-refractivity contribution in [1.82, 2.24) is 0 Å². The van der Waals surface area contributed by atoms with Crippen molar-refractivity contribution in [3.63, 3.8) is 0 Å². The van der Waals surface area contributed by atoms with Crippen molar-refractivity contribution >= 4 is 5.97 Å². The molecule has 0 radical (unpaired) electrons. The Balaban J connectivity index is -0.000000107. The predicted octanol–water partition coefficient (Wildman–Crippen LogP) is -1.32. The van der Waals surface area contributed by atoms with Crippen LogP contribution in [0.1, 0.15) is 13.8 Å². The van der Waals surface area contributed by atoms with Crippen LogP contribution in [0, 0.1) is 0 Å². The van der Waals surface area contributed by atoms with Gasteiger partial charge in [-0.2, -0.15) is 0 Å². The number of rotatable bonds is 1. The third-order valence-corrected chi connectivity index (χ3v) is 0.348. The van der Waals surface area contributed by atoms with E-state index in [4.69, 9.17) is 5.11 Å². The van der Waals surface area contributed by atoms with Gasteiger partial charge in [0.25, 0.3) is 0 Å². The summed E-state index contributed by atoms with van der Waals surface area (Å²) < 4.78 is 0. The van der Waals surface area contributed by atoms with Crippen molar-refractivity contribution in [1.29, 1.82) is 0 Å². The smallest absolute Gasteiger partial charge is 0.855 e. The Morgan fingerprint density at radius 1 is 1.60 bits per heavy atom. The molecule has 0 heterocycles. The van der Waals surface area contributed by atoms with Crippen molar-refractivity contribution in [2.24, 2.45) is 0 Å². The molecule has 0 amide bonds. The summed E-state index contributed by atoms with van der Waals surface area (Å²) in [5.74, 6) is -1.19. The third-order valence-electron chi connectivity index (χ3n) is 0.348. The number of carbonyl (C=O) groups is 1. The zero-order valence-electron chi connectivity index (χ0n) is 6.14. The van der Waals surface area contributed by atoms with Gasteiger partial charge in [0.1, 0.15) is 0 Å². The molecule has 0 aliphatic rings. The van der Waals surface area contributed by atoms with E-state index in [9.17, 15) is 9.90 Å². The zero-order valence-corrected chi connectivity index (χ0v) is 7.70. The monoisotopic (exact) mass is 178 g/mol. The Bertz CT molecular complexity index is 89.2. The molecule has 0 bridgehead atoms. The van der Waals surface area contributed by atoms with E-state index >= 15 is 0 Å². The number of carboxylic acid groups (broad SMARTS) is 1. The Kier molecular flexibility index (Phi) is 19.2. The maximum atomic E-state index is 9.49. The average molecular weight is 178 g/mol. The fraction of sp³-hybridized carbons (Fsp3) is 0.500. The van der Waals surface area contributed by atoms with Crippen LogP contribution in [0.4, 0.5) is 0 Å². The van der Waals surface area contributed by atoms with E-state index in [0.29, 0.717) is 0 Å². The van der Waals surface area contributed by atoms with Crippen LogP contribution < -0.4 is 10.2 Å². The van der Waals surface area contributed by atoms with Crippen LogP contribution in [0.25, 0.3) is 0 Å². The molecule has 0 saturated heterocycles. The van der Waals surface area contributed by atoms with Gasteiger partial charge in [0.05, 0.1) is 5.97 Å². The summed E-state index contributed by atoms with van der Waals surface area (Å²) >= 11 is 0. The van der Waals surface area contributed by atoms with Gasteiger partial charge in [-0.15, -0.1) is 6.61 Å². The van der Waals surface area contributed by atoms with Crippen LogP contribution in [0.5, 0.6) is 0 Å².